The number of urea groups is 1. The first-order valence-corrected chi connectivity index (χ1v) is 13.5. The molecule has 0 radical (unpaired) electrons. The third kappa shape index (κ3) is 7.03. The summed E-state index contributed by atoms with van der Waals surface area (Å²) in [5.41, 5.74) is 0.993. The fraction of sp³-hybridized carbons (Fsp3) is 0.240. The highest BCUT2D eigenvalue weighted by atomic mass is 32.2. The number of alkyl halides is 3. The summed E-state index contributed by atoms with van der Waals surface area (Å²) < 4.78 is 63.9. The number of benzene rings is 2. The van der Waals surface area contributed by atoms with Crippen LogP contribution >= 0.6 is 0 Å². The molecule has 4 N–H and O–H groups in total. The van der Waals surface area contributed by atoms with Gasteiger partial charge >= 0.3 is 12.2 Å². The van der Waals surface area contributed by atoms with Gasteiger partial charge in [0.15, 0.2) is 0 Å². The maximum Gasteiger partial charge on any atom is 0.433 e. The van der Waals surface area contributed by atoms with Crippen LogP contribution in [0.1, 0.15) is 12.1 Å². The number of carbonyl (C=O) groups is 2. The molecule has 3 aromatic rings. The van der Waals surface area contributed by atoms with Crippen molar-refractivity contribution in [2.75, 3.05) is 27.7 Å². The molecule has 3 amide bonds. The molecule has 10 nitrogen and oxygen atoms in total. The van der Waals surface area contributed by atoms with Crippen molar-refractivity contribution in [3.05, 3.63) is 72.6 Å². The van der Waals surface area contributed by atoms with Crippen LogP contribution in [0, 0.1) is 0 Å². The number of amides is 3. The smallest absolute Gasteiger partial charge is 0.391 e. The summed E-state index contributed by atoms with van der Waals surface area (Å²) in [6.07, 6.45) is -3.75. The summed E-state index contributed by atoms with van der Waals surface area (Å²) in [5, 5.41) is 15.1. The van der Waals surface area contributed by atoms with Gasteiger partial charge in [-0.15, -0.1) is 0 Å². The van der Waals surface area contributed by atoms with Crippen LogP contribution in [0.5, 0.6) is 0 Å². The first kappa shape index (κ1) is 27.9. The highest BCUT2D eigenvalue weighted by molar-refractivity contribution is 7.92. The summed E-state index contributed by atoms with van der Waals surface area (Å²) in [6.45, 7) is -0.0208. The molecule has 206 valence electrons. The second-order valence-electron chi connectivity index (χ2n) is 8.89. The second kappa shape index (κ2) is 10.9. The summed E-state index contributed by atoms with van der Waals surface area (Å²) in [7, 11) is -3.51. The number of anilines is 3. The van der Waals surface area contributed by atoms with Gasteiger partial charge in [-0.05, 0) is 35.9 Å². The van der Waals surface area contributed by atoms with Gasteiger partial charge in [0.25, 0.3) is 0 Å². The normalized spacial score (nSPS) is 18.0. The Bertz CT molecular complexity index is 1460. The fourth-order valence-electron chi connectivity index (χ4n) is 4.10. The van der Waals surface area contributed by atoms with Crippen molar-refractivity contribution in [1.82, 2.24) is 10.3 Å². The minimum absolute atomic E-state index is 0.0117. The van der Waals surface area contributed by atoms with Crippen molar-refractivity contribution in [2.24, 2.45) is 0 Å². The van der Waals surface area contributed by atoms with Gasteiger partial charge in [-0.2, -0.15) is 13.2 Å². The number of carbonyl (C=O) groups excluding carboxylic acids is 2. The van der Waals surface area contributed by atoms with Gasteiger partial charge in [0, 0.05) is 17.7 Å². The van der Waals surface area contributed by atoms with Gasteiger partial charge in [0.2, 0.25) is 15.9 Å². The Morgan fingerprint density at radius 1 is 1.08 bits per heavy atom. The predicted octanol–water partition coefficient (Wildman–Crippen LogP) is 3.43. The molecule has 2 aromatic carbocycles. The summed E-state index contributed by atoms with van der Waals surface area (Å²) in [4.78, 5) is 30.1. The molecular formula is C25H24F3N5O5S. The van der Waals surface area contributed by atoms with Gasteiger partial charge in [0.05, 0.1) is 36.5 Å². The molecule has 4 rings (SSSR count). The number of β-amino-alcohol motifs (C(OH)–C–C–N with tert-alkyl or cyclic N) is 1. The predicted molar refractivity (Wildman–Crippen MR) is 139 cm³/mol. The molecule has 1 saturated heterocycles. The van der Waals surface area contributed by atoms with E-state index in [1.807, 2.05) is 0 Å². The van der Waals surface area contributed by atoms with Crippen LogP contribution in [0.2, 0.25) is 0 Å². The Balaban J connectivity index is 1.46. The van der Waals surface area contributed by atoms with E-state index in [0.717, 1.165) is 18.5 Å². The molecular weight excluding hydrogens is 539 g/mol. The van der Waals surface area contributed by atoms with Crippen LogP contribution in [0.25, 0.3) is 11.1 Å². The van der Waals surface area contributed by atoms with Gasteiger partial charge in [-0.3, -0.25) is 9.52 Å². The van der Waals surface area contributed by atoms with E-state index in [1.54, 1.807) is 48.5 Å². The number of aromatic nitrogens is 1. The lowest BCUT2D eigenvalue weighted by atomic mass is 10.00. The van der Waals surface area contributed by atoms with Crippen LogP contribution in [0.3, 0.4) is 0 Å². The summed E-state index contributed by atoms with van der Waals surface area (Å²) >= 11 is 0. The quantitative estimate of drug-likeness (QED) is 0.362. The number of halogens is 3. The zero-order chi connectivity index (χ0) is 28.4. The van der Waals surface area contributed by atoms with Gasteiger partial charge < -0.3 is 20.6 Å². The second-order valence-corrected chi connectivity index (χ2v) is 10.6. The molecule has 14 heteroatoms. The molecule has 1 aliphatic heterocycles. The van der Waals surface area contributed by atoms with Crippen LogP contribution < -0.4 is 20.3 Å². The van der Waals surface area contributed by atoms with Crippen molar-refractivity contribution < 1.29 is 36.3 Å². The van der Waals surface area contributed by atoms with Crippen LogP contribution in [-0.4, -0.2) is 55.4 Å². The lowest BCUT2D eigenvalue weighted by Gasteiger charge is -2.35. The van der Waals surface area contributed by atoms with Crippen LogP contribution in [-0.2, 0) is 21.0 Å². The standard InChI is InChI=1S/C25H24F3N5O5S/c1-39(37,38)32-20-5-3-2-4-19(20)15-6-9-17(10-7-15)33-14-18(34)12-21(23(33)35)31-24(36)30-16-8-11-22(29-13-16)25(26,27)28/h2-11,13,18,21,32,34H,12,14H2,1H3,(H2,30,31,36)/t18-,21-/m1/s1. The van der Waals surface area contributed by atoms with Gasteiger partial charge in [-0.25, -0.2) is 18.2 Å². The third-order valence-corrected chi connectivity index (χ3v) is 6.39. The molecule has 0 saturated carbocycles. The van der Waals surface area contributed by atoms with Crippen LogP contribution in [0.4, 0.5) is 35.0 Å². The number of aliphatic hydroxyl groups excluding tert-OH is 1. The van der Waals surface area contributed by atoms with Crippen LogP contribution in [0.15, 0.2) is 66.9 Å². The zero-order valence-electron chi connectivity index (χ0n) is 20.4. The van der Waals surface area contributed by atoms with E-state index in [9.17, 15) is 36.3 Å². The Kier molecular flexibility index (Phi) is 7.79. The number of nitrogens with one attached hydrogen (secondary N) is 3. The highest BCUT2D eigenvalue weighted by Gasteiger charge is 2.36. The fourth-order valence-corrected chi connectivity index (χ4v) is 4.67. The first-order chi connectivity index (χ1) is 18.3. The minimum atomic E-state index is -4.62. The van der Waals surface area contributed by atoms with Gasteiger partial charge in [-0.1, -0.05) is 30.3 Å². The van der Waals surface area contributed by atoms with E-state index in [2.05, 4.69) is 20.3 Å². The summed E-state index contributed by atoms with van der Waals surface area (Å²) in [6, 6.07) is 13.3. The summed E-state index contributed by atoms with van der Waals surface area (Å²) in [5.74, 6) is -0.493. The maximum absolute atomic E-state index is 13.1. The van der Waals surface area contributed by atoms with E-state index in [-0.39, 0.29) is 18.7 Å². The average Bonchev–Trinajstić information content (AvgIpc) is 2.85. The largest absolute Gasteiger partial charge is 0.433 e. The van der Waals surface area contributed by atoms with E-state index in [0.29, 0.717) is 28.6 Å². The van der Waals surface area contributed by atoms with Crippen molar-refractivity contribution >= 4 is 39.0 Å². The number of pyridine rings is 1. The van der Waals surface area contributed by atoms with E-state index >= 15 is 0 Å². The number of hydrogen-bond acceptors (Lipinski definition) is 6. The lowest BCUT2D eigenvalue weighted by Crippen LogP contribution is -2.57. The lowest BCUT2D eigenvalue weighted by molar-refractivity contribution is -0.141. The Hall–Kier alpha value is -4.17. The molecule has 0 aliphatic carbocycles. The monoisotopic (exact) mass is 563 g/mol. The molecule has 0 unspecified atom stereocenters. The Morgan fingerprint density at radius 3 is 2.38 bits per heavy atom. The molecule has 1 aliphatic rings. The number of para-hydroxylation sites is 1. The van der Waals surface area contributed by atoms with Crippen molar-refractivity contribution in [3.8, 4) is 11.1 Å². The highest BCUT2D eigenvalue weighted by Crippen LogP contribution is 2.31. The molecule has 2 atom stereocenters. The third-order valence-electron chi connectivity index (χ3n) is 5.79. The number of hydrogen-bond donors (Lipinski definition) is 4. The number of rotatable bonds is 6. The number of sulfonamides is 1. The minimum Gasteiger partial charge on any atom is -0.391 e. The first-order valence-electron chi connectivity index (χ1n) is 11.6. The van der Waals surface area contributed by atoms with Crippen molar-refractivity contribution in [1.29, 1.82) is 0 Å². The van der Waals surface area contributed by atoms with E-state index in [4.69, 9.17) is 0 Å². The Morgan fingerprint density at radius 2 is 1.77 bits per heavy atom. The van der Waals surface area contributed by atoms with Gasteiger partial charge in [0.1, 0.15) is 11.7 Å². The average molecular weight is 564 g/mol. The molecule has 1 aromatic heterocycles. The number of aliphatic hydroxyl groups is 1. The zero-order valence-corrected chi connectivity index (χ0v) is 21.3. The Labute approximate surface area is 221 Å². The molecule has 39 heavy (non-hydrogen) atoms. The van der Waals surface area contributed by atoms with Crippen molar-refractivity contribution in [3.63, 3.8) is 0 Å². The van der Waals surface area contributed by atoms with E-state index < -0.39 is 46.0 Å². The topological polar surface area (TPSA) is 141 Å². The van der Waals surface area contributed by atoms with Crippen molar-refractivity contribution in [2.45, 2.75) is 24.7 Å². The molecule has 2 heterocycles. The number of piperidine rings is 1. The molecule has 1 fully saturated rings. The van der Waals surface area contributed by atoms with E-state index in [1.165, 1.54) is 4.90 Å². The SMILES string of the molecule is CS(=O)(=O)Nc1ccccc1-c1ccc(N2C[C@H](O)C[C@@H](NC(=O)Nc3ccc(C(F)(F)F)nc3)C2=O)cc1. The molecule has 0 spiro atoms. The molecule has 0 bridgehead atoms. The maximum atomic E-state index is 13.1. The number of nitrogens with zero attached hydrogens (tertiary/aromatic N) is 2.